The first-order valence-electron chi connectivity index (χ1n) is 4.98. The second-order valence-electron chi connectivity index (χ2n) is 4.41. The van der Waals surface area contributed by atoms with Crippen LogP contribution < -0.4 is 11.1 Å². The van der Waals surface area contributed by atoms with Gasteiger partial charge in [-0.3, -0.25) is 0 Å². The van der Waals surface area contributed by atoms with E-state index in [1.165, 1.54) is 19.3 Å². The number of hydrogen-bond donors (Lipinski definition) is 2. The fourth-order valence-corrected chi connectivity index (χ4v) is 1.05. The Morgan fingerprint density at radius 3 is 2.42 bits per heavy atom. The van der Waals surface area contributed by atoms with Crippen molar-refractivity contribution < 1.29 is 0 Å². The van der Waals surface area contributed by atoms with Gasteiger partial charge in [0.05, 0.1) is 0 Å². The number of unbranched alkanes of at least 4 members (excludes halogenated alkanes) is 1. The van der Waals surface area contributed by atoms with Crippen LogP contribution in [0.15, 0.2) is 0 Å². The lowest BCUT2D eigenvalue weighted by molar-refractivity contribution is 0.411. The summed E-state index contributed by atoms with van der Waals surface area (Å²) in [5.74, 6) is 0. The smallest absolute Gasteiger partial charge is 0.0223 e. The Kier molecular flexibility index (Phi) is 5.51. The molecule has 0 spiro atoms. The van der Waals surface area contributed by atoms with Crippen molar-refractivity contribution >= 4 is 0 Å². The van der Waals surface area contributed by atoms with Gasteiger partial charge in [-0.15, -0.1) is 0 Å². The Hall–Kier alpha value is -0.0800. The van der Waals surface area contributed by atoms with Crippen LogP contribution >= 0.6 is 0 Å². The van der Waals surface area contributed by atoms with E-state index in [4.69, 9.17) is 5.73 Å². The standard InChI is InChI=1S/C10H24N2/c1-5-6-7-9(2)12-8-10(3,4)11/h9,12H,5-8,11H2,1-4H3. The summed E-state index contributed by atoms with van der Waals surface area (Å²) in [7, 11) is 0. The fraction of sp³-hybridized carbons (Fsp3) is 1.00. The summed E-state index contributed by atoms with van der Waals surface area (Å²) >= 11 is 0. The SMILES string of the molecule is CCCCC(C)NCC(C)(C)N. The summed E-state index contributed by atoms with van der Waals surface area (Å²) in [6.07, 6.45) is 3.84. The minimum atomic E-state index is -0.0829. The molecule has 0 aliphatic carbocycles. The van der Waals surface area contributed by atoms with Crippen LogP contribution in [0.25, 0.3) is 0 Å². The second-order valence-corrected chi connectivity index (χ2v) is 4.41. The molecule has 2 nitrogen and oxygen atoms in total. The first-order chi connectivity index (χ1) is 5.45. The molecule has 0 radical (unpaired) electrons. The maximum absolute atomic E-state index is 5.85. The molecule has 0 rings (SSSR count). The highest BCUT2D eigenvalue weighted by Gasteiger charge is 2.11. The number of nitrogens with one attached hydrogen (secondary N) is 1. The van der Waals surface area contributed by atoms with Crippen LogP contribution in [0.4, 0.5) is 0 Å². The van der Waals surface area contributed by atoms with Crippen LogP contribution in [-0.2, 0) is 0 Å². The van der Waals surface area contributed by atoms with Crippen molar-refractivity contribution in [1.82, 2.24) is 5.32 Å². The van der Waals surface area contributed by atoms with Gasteiger partial charge in [-0.2, -0.15) is 0 Å². The first kappa shape index (κ1) is 11.9. The quantitative estimate of drug-likeness (QED) is 0.642. The predicted molar refractivity (Wildman–Crippen MR) is 55.3 cm³/mol. The van der Waals surface area contributed by atoms with E-state index in [2.05, 4.69) is 19.2 Å². The largest absolute Gasteiger partial charge is 0.324 e. The number of nitrogens with two attached hydrogens (primary N) is 1. The maximum Gasteiger partial charge on any atom is 0.0223 e. The Balaban J connectivity index is 3.37. The van der Waals surface area contributed by atoms with Crippen molar-refractivity contribution in [3.8, 4) is 0 Å². The summed E-state index contributed by atoms with van der Waals surface area (Å²) in [5.41, 5.74) is 5.77. The molecular formula is C10H24N2. The van der Waals surface area contributed by atoms with Gasteiger partial charge in [0.1, 0.15) is 0 Å². The molecule has 0 saturated heterocycles. The van der Waals surface area contributed by atoms with E-state index in [-0.39, 0.29) is 5.54 Å². The number of rotatable bonds is 6. The average Bonchev–Trinajstić information content (AvgIpc) is 1.95. The van der Waals surface area contributed by atoms with Gasteiger partial charge in [0.15, 0.2) is 0 Å². The highest BCUT2D eigenvalue weighted by atomic mass is 14.9. The van der Waals surface area contributed by atoms with Gasteiger partial charge < -0.3 is 11.1 Å². The average molecular weight is 172 g/mol. The molecule has 0 aromatic rings. The molecular weight excluding hydrogens is 148 g/mol. The van der Waals surface area contributed by atoms with Crippen molar-refractivity contribution in [2.24, 2.45) is 5.73 Å². The molecule has 12 heavy (non-hydrogen) atoms. The molecule has 74 valence electrons. The van der Waals surface area contributed by atoms with E-state index in [0.717, 1.165) is 6.54 Å². The van der Waals surface area contributed by atoms with Crippen molar-refractivity contribution in [2.75, 3.05) is 6.54 Å². The summed E-state index contributed by atoms with van der Waals surface area (Å²) < 4.78 is 0. The molecule has 3 N–H and O–H groups in total. The van der Waals surface area contributed by atoms with E-state index >= 15 is 0 Å². The van der Waals surface area contributed by atoms with Gasteiger partial charge in [0, 0.05) is 18.1 Å². The highest BCUT2D eigenvalue weighted by molar-refractivity contribution is 4.76. The van der Waals surface area contributed by atoms with Gasteiger partial charge in [0.2, 0.25) is 0 Å². The van der Waals surface area contributed by atoms with Gasteiger partial charge in [-0.05, 0) is 27.2 Å². The summed E-state index contributed by atoms with van der Waals surface area (Å²) in [4.78, 5) is 0. The van der Waals surface area contributed by atoms with E-state index in [9.17, 15) is 0 Å². The zero-order chi connectivity index (χ0) is 9.61. The number of hydrogen-bond acceptors (Lipinski definition) is 2. The Morgan fingerprint density at radius 2 is 2.00 bits per heavy atom. The molecule has 0 heterocycles. The van der Waals surface area contributed by atoms with Gasteiger partial charge in [-0.1, -0.05) is 19.8 Å². The molecule has 1 unspecified atom stereocenters. The zero-order valence-corrected chi connectivity index (χ0v) is 8.98. The lowest BCUT2D eigenvalue weighted by Gasteiger charge is -2.22. The monoisotopic (exact) mass is 172 g/mol. The van der Waals surface area contributed by atoms with Crippen LogP contribution in [0, 0.1) is 0 Å². The molecule has 0 aliphatic rings. The first-order valence-corrected chi connectivity index (χ1v) is 4.98. The van der Waals surface area contributed by atoms with Gasteiger partial charge in [0.25, 0.3) is 0 Å². The van der Waals surface area contributed by atoms with E-state index in [1.807, 2.05) is 13.8 Å². The third kappa shape index (κ3) is 8.02. The van der Waals surface area contributed by atoms with E-state index in [1.54, 1.807) is 0 Å². The lowest BCUT2D eigenvalue weighted by Crippen LogP contribution is -2.45. The van der Waals surface area contributed by atoms with Crippen molar-refractivity contribution in [1.29, 1.82) is 0 Å². The fourth-order valence-electron chi connectivity index (χ4n) is 1.05. The summed E-state index contributed by atoms with van der Waals surface area (Å²) in [5, 5.41) is 3.43. The van der Waals surface area contributed by atoms with Crippen molar-refractivity contribution in [3.05, 3.63) is 0 Å². The Labute approximate surface area is 76.9 Å². The zero-order valence-electron chi connectivity index (χ0n) is 8.98. The van der Waals surface area contributed by atoms with Crippen LogP contribution in [-0.4, -0.2) is 18.1 Å². The van der Waals surface area contributed by atoms with Crippen LogP contribution in [0.3, 0.4) is 0 Å². The molecule has 0 aromatic carbocycles. The minimum absolute atomic E-state index is 0.0829. The molecule has 0 aliphatic heterocycles. The third-order valence-electron chi connectivity index (χ3n) is 1.90. The molecule has 1 atom stereocenters. The molecule has 0 aromatic heterocycles. The van der Waals surface area contributed by atoms with Crippen LogP contribution in [0.2, 0.25) is 0 Å². The molecule has 0 bridgehead atoms. The Morgan fingerprint density at radius 1 is 1.42 bits per heavy atom. The lowest BCUT2D eigenvalue weighted by atomic mass is 10.1. The predicted octanol–water partition coefficient (Wildman–Crippen LogP) is 1.89. The minimum Gasteiger partial charge on any atom is -0.324 e. The second kappa shape index (κ2) is 5.55. The van der Waals surface area contributed by atoms with Crippen molar-refractivity contribution in [2.45, 2.75) is 58.5 Å². The summed E-state index contributed by atoms with van der Waals surface area (Å²) in [6, 6.07) is 0.604. The molecule has 0 saturated carbocycles. The maximum atomic E-state index is 5.85. The van der Waals surface area contributed by atoms with Gasteiger partial charge >= 0.3 is 0 Å². The van der Waals surface area contributed by atoms with Gasteiger partial charge in [-0.25, -0.2) is 0 Å². The van der Waals surface area contributed by atoms with Crippen LogP contribution in [0.5, 0.6) is 0 Å². The third-order valence-corrected chi connectivity index (χ3v) is 1.90. The molecule has 2 heteroatoms. The van der Waals surface area contributed by atoms with E-state index < -0.39 is 0 Å². The molecule has 0 fully saturated rings. The summed E-state index contributed by atoms with van der Waals surface area (Å²) in [6.45, 7) is 9.44. The Bertz CT molecular complexity index is 105. The van der Waals surface area contributed by atoms with Crippen molar-refractivity contribution in [3.63, 3.8) is 0 Å². The topological polar surface area (TPSA) is 38.0 Å². The highest BCUT2D eigenvalue weighted by Crippen LogP contribution is 2.01. The van der Waals surface area contributed by atoms with E-state index in [0.29, 0.717) is 6.04 Å². The normalized spacial score (nSPS) is 14.8. The van der Waals surface area contributed by atoms with Crippen LogP contribution in [0.1, 0.15) is 47.0 Å². The molecule has 0 amide bonds.